The molecule has 2 aromatic rings. The summed E-state index contributed by atoms with van der Waals surface area (Å²) in [7, 11) is 3.83. The minimum atomic E-state index is -0.104. The van der Waals surface area contributed by atoms with Gasteiger partial charge < -0.3 is 19.7 Å². The molecular weight excluding hydrogens is 344 g/mol. The molecule has 0 radical (unpaired) electrons. The molecule has 2 atom stereocenters. The summed E-state index contributed by atoms with van der Waals surface area (Å²) in [5, 5.41) is 7.50. The lowest BCUT2D eigenvalue weighted by atomic mass is 9.98. The van der Waals surface area contributed by atoms with Crippen LogP contribution in [0.25, 0.3) is 0 Å². The first-order valence-corrected chi connectivity index (χ1v) is 9.45. The van der Waals surface area contributed by atoms with Crippen molar-refractivity contribution in [1.29, 1.82) is 0 Å². The van der Waals surface area contributed by atoms with Crippen LogP contribution in [0.3, 0.4) is 0 Å². The summed E-state index contributed by atoms with van der Waals surface area (Å²) in [6, 6.07) is 10.5. The van der Waals surface area contributed by atoms with Crippen molar-refractivity contribution in [3.05, 3.63) is 42.2 Å². The number of nitrogens with zero attached hydrogens (tertiary/aromatic N) is 3. The first-order chi connectivity index (χ1) is 13.1. The van der Waals surface area contributed by atoms with Gasteiger partial charge in [0.05, 0.1) is 7.11 Å². The van der Waals surface area contributed by atoms with Crippen LogP contribution >= 0.6 is 0 Å². The molecule has 0 saturated carbocycles. The fraction of sp³-hybridized carbons (Fsp3) is 0.500. The molecule has 2 bridgehead atoms. The molecule has 7 nitrogen and oxygen atoms in total. The largest absolute Gasteiger partial charge is 0.497 e. The van der Waals surface area contributed by atoms with Gasteiger partial charge in [0.2, 0.25) is 0 Å². The van der Waals surface area contributed by atoms with Gasteiger partial charge in [-0.05, 0) is 63.1 Å². The lowest BCUT2D eigenvalue weighted by Gasteiger charge is -2.36. The highest BCUT2D eigenvalue weighted by Crippen LogP contribution is 2.34. The second-order valence-corrected chi connectivity index (χ2v) is 7.38. The smallest absolute Gasteiger partial charge is 0.271 e. The summed E-state index contributed by atoms with van der Waals surface area (Å²) in [5.41, 5.74) is 0.430. The van der Waals surface area contributed by atoms with Gasteiger partial charge in [0, 0.05) is 24.3 Å². The molecule has 1 aromatic carbocycles. The monoisotopic (exact) mass is 370 g/mol. The van der Waals surface area contributed by atoms with E-state index in [2.05, 4.69) is 22.4 Å². The average Bonchev–Trinajstić information content (AvgIpc) is 3.22. The van der Waals surface area contributed by atoms with Crippen molar-refractivity contribution in [2.45, 2.75) is 50.5 Å². The van der Waals surface area contributed by atoms with E-state index in [0.717, 1.165) is 24.3 Å². The Balaban J connectivity index is 1.30. The Hall–Kier alpha value is -2.54. The quantitative estimate of drug-likeness (QED) is 0.845. The number of hydrogen-bond acceptors (Lipinski definition) is 5. The van der Waals surface area contributed by atoms with Crippen LogP contribution in [0.1, 0.15) is 36.2 Å². The number of amides is 1. The number of carbonyl (C=O) groups is 1. The third-order valence-corrected chi connectivity index (χ3v) is 5.73. The third-order valence-electron chi connectivity index (χ3n) is 5.73. The maximum absolute atomic E-state index is 12.5. The van der Waals surface area contributed by atoms with E-state index >= 15 is 0 Å². The lowest BCUT2D eigenvalue weighted by Crippen LogP contribution is -2.48. The van der Waals surface area contributed by atoms with Gasteiger partial charge in [-0.15, -0.1) is 0 Å². The molecule has 2 saturated heterocycles. The lowest BCUT2D eigenvalue weighted by molar-refractivity contribution is 0.0875. The van der Waals surface area contributed by atoms with Crippen molar-refractivity contribution < 1.29 is 14.3 Å². The number of nitrogens with one attached hydrogen (secondary N) is 1. The standard InChI is InChI=1S/C20H26N4O3/c1-23-15-3-4-16(23)12-14(11-15)21-20(25)19-9-10-24(22-19)13-27-18-7-5-17(26-2)6-8-18/h5-10,14-16H,3-4,11-13H2,1-2H3,(H,21,25). The van der Waals surface area contributed by atoms with Gasteiger partial charge in [-0.3, -0.25) is 4.79 Å². The van der Waals surface area contributed by atoms with Crippen molar-refractivity contribution in [1.82, 2.24) is 20.0 Å². The Morgan fingerprint density at radius 1 is 1.15 bits per heavy atom. The number of ether oxygens (including phenoxy) is 2. The number of piperidine rings is 1. The van der Waals surface area contributed by atoms with Gasteiger partial charge >= 0.3 is 0 Å². The van der Waals surface area contributed by atoms with E-state index in [4.69, 9.17) is 9.47 Å². The Bertz CT molecular complexity index is 775. The van der Waals surface area contributed by atoms with E-state index in [9.17, 15) is 4.79 Å². The molecule has 0 aliphatic carbocycles. The first kappa shape index (κ1) is 17.9. The Morgan fingerprint density at radius 3 is 2.48 bits per heavy atom. The Labute approximate surface area is 159 Å². The molecule has 2 aliphatic rings. The molecule has 7 heteroatoms. The van der Waals surface area contributed by atoms with Crippen LogP contribution in [-0.2, 0) is 6.73 Å². The maximum atomic E-state index is 12.5. The highest BCUT2D eigenvalue weighted by Gasteiger charge is 2.38. The van der Waals surface area contributed by atoms with Crippen molar-refractivity contribution >= 4 is 5.91 Å². The number of benzene rings is 1. The minimum Gasteiger partial charge on any atom is -0.497 e. The van der Waals surface area contributed by atoms with E-state index in [1.807, 2.05) is 24.3 Å². The molecule has 1 amide bonds. The Morgan fingerprint density at radius 2 is 1.81 bits per heavy atom. The summed E-state index contributed by atoms with van der Waals surface area (Å²) in [6.07, 6.45) is 6.30. The molecule has 1 aromatic heterocycles. The van der Waals surface area contributed by atoms with Gasteiger partial charge in [-0.1, -0.05) is 0 Å². The fourth-order valence-corrected chi connectivity index (χ4v) is 4.16. The second-order valence-electron chi connectivity index (χ2n) is 7.38. The maximum Gasteiger partial charge on any atom is 0.271 e. The van der Waals surface area contributed by atoms with E-state index in [1.165, 1.54) is 12.8 Å². The van der Waals surface area contributed by atoms with Crippen LogP contribution in [-0.4, -0.2) is 52.9 Å². The zero-order chi connectivity index (χ0) is 18.8. The van der Waals surface area contributed by atoms with Crippen LogP contribution in [0.2, 0.25) is 0 Å². The van der Waals surface area contributed by atoms with Crippen LogP contribution in [0.4, 0.5) is 0 Å². The first-order valence-electron chi connectivity index (χ1n) is 9.45. The van der Waals surface area contributed by atoms with E-state index in [1.54, 1.807) is 24.1 Å². The zero-order valence-electron chi connectivity index (χ0n) is 15.8. The van der Waals surface area contributed by atoms with Gasteiger partial charge in [0.1, 0.15) is 17.2 Å². The highest BCUT2D eigenvalue weighted by atomic mass is 16.5. The Kier molecular flexibility index (Phi) is 5.03. The van der Waals surface area contributed by atoms with Gasteiger partial charge in [-0.25, -0.2) is 4.68 Å². The molecule has 4 rings (SSSR count). The predicted octanol–water partition coefficient (Wildman–Crippen LogP) is 2.28. The number of carbonyl (C=O) groups excluding carboxylic acids is 1. The summed E-state index contributed by atoms with van der Waals surface area (Å²) in [6.45, 7) is 0.248. The summed E-state index contributed by atoms with van der Waals surface area (Å²) in [5.74, 6) is 1.40. The molecular formula is C20H26N4O3. The molecule has 27 heavy (non-hydrogen) atoms. The average molecular weight is 370 g/mol. The number of rotatable bonds is 6. The van der Waals surface area contributed by atoms with Crippen LogP contribution in [0.5, 0.6) is 11.5 Å². The summed E-state index contributed by atoms with van der Waals surface area (Å²) >= 11 is 0. The van der Waals surface area contributed by atoms with E-state index in [0.29, 0.717) is 17.8 Å². The van der Waals surface area contributed by atoms with Crippen molar-refractivity contribution in [3.8, 4) is 11.5 Å². The topological polar surface area (TPSA) is 68.6 Å². The summed E-state index contributed by atoms with van der Waals surface area (Å²) in [4.78, 5) is 15.0. The molecule has 3 heterocycles. The molecule has 2 aliphatic heterocycles. The number of methoxy groups -OCH3 is 1. The number of hydrogen-bond donors (Lipinski definition) is 1. The SMILES string of the molecule is COc1ccc(OCn2ccc(C(=O)NC3CC4CCC(C3)N4C)n2)cc1. The van der Waals surface area contributed by atoms with E-state index in [-0.39, 0.29) is 18.7 Å². The minimum absolute atomic E-state index is 0.104. The van der Waals surface area contributed by atoms with E-state index < -0.39 is 0 Å². The molecule has 2 unspecified atom stereocenters. The van der Waals surface area contributed by atoms with Crippen molar-refractivity contribution in [3.63, 3.8) is 0 Å². The molecule has 144 valence electrons. The number of fused-ring (bicyclic) bond motifs is 2. The number of aromatic nitrogens is 2. The van der Waals surface area contributed by atoms with Crippen LogP contribution in [0, 0.1) is 0 Å². The van der Waals surface area contributed by atoms with Gasteiger partial charge in [0.25, 0.3) is 5.91 Å². The van der Waals surface area contributed by atoms with Gasteiger partial charge in [0.15, 0.2) is 6.73 Å². The molecule has 2 fully saturated rings. The van der Waals surface area contributed by atoms with Crippen molar-refractivity contribution in [2.24, 2.45) is 0 Å². The predicted molar refractivity (Wildman–Crippen MR) is 101 cm³/mol. The van der Waals surface area contributed by atoms with Gasteiger partial charge in [-0.2, -0.15) is 5.10 Å². The van der Waals surface area contributed by atoms with Crippen LogP contribution in [0.15, 0.2) is 36.5 Å². The highest BCUT2D eigenvalue weighted by molar-refractivity contribution is 5.92. The second kappa shape index (κ2) is 7.60. The summed E-state index contributed by atoms with van der Waals surface area (Å²) < 4.78 is 12.4. The third kappa shape index (κ3) is 3.93. The fourth-order valence-electron chi connectivity index (χ4n) is 4.16. The zero-order valence-corrected chi connectivity index (χ0v) is 15.8. The van der Waals surface area contributed by atoms with Crippen molar-refractivity contribution in [2.75, 3.05) is 14.2 Å². The molecule has 1 N–H and O–H groups in total. The normalized spacial score (nSPS) is 24.6. The molecule has 0 spiro atoms. The van der Waals surface area contributed by atoms with Crippen LogP contribution < -0.4 is 14.8 Å².